The van der Waals surface area contributed by atoms with Gasteiger partial charge in [-0.15, -0.1) is 12.4 Å². The van der Waals surface area contributed by atoms with Crippen LogP contribution in [0.1, 0.15) is 23.7 Å². The van der Waals surface area contributed by atoms with Gasteiger partial charge in [-0.1, -0.05) is 36.4 Å². The molecule has 0 aliphatic carbocycles. The Bertz CT molecular complexity index is 684. The summed E-state index contributed by atoms with van der Waals surface area (Å²) < 4.78 is 0. The van der Waals surface area contributed by atoms with Gasteiger partial charge in [0.05, 0.1) is 18.6 Å². The summed E-state index contributed by atoms with van der Waals surface area (Å²) in [6.07, 6.45) is 2.55. The van der Waals surface area contributed by atoms with Crippen LogP contribution in [0.3, 0.4) is 0 Å². The molecule has 1 N–H and O–H groups in total. The van der Waals surface area contributed by atoms with Gasteiger partial charge in [0, 0.05) is 38.6 Å². The number of amides is 1. The van der Waals surface area contributed by atoms with Crippen molar-refractivity contribution in [1.82, 2.24) is 14.8 Å². The fourth-order valence-corrected chi connectivity index (χ4v) is 3.31. The minimum Gasteiger partial charge on any atom is -0.392 e. The minimum absolute atomic E-state index is 0. The number of aromatic nitrogens is 1. The van der Waals surface area contributed by atoms with Crippen molar-refractivity contribution < 1.29 is 9.90 Å². The van der Waals surface area contributed by atoms with Crippen LogP contribution >= 0.6 is 12.4 Å². The summed E-state index contributed by atoms with van der Waals surface area (Å²) in [4.78, 5) is 21.1. The molecule has 0 bridgehead atoms. The van der Waals surface area contributed by atoms with E-state index in [-0.39, 0.29) is 30.5 Å². The van der Waals surface area contributed by atoms with Gasteiger partial charge in [0.1, 0.15) is 0 Å². The summed E-state index contributed by atoms with van der Waals surface area (Å²) in [6.45, 7) is 2.27. The van der Waals surface area contributed by atoms with E-state index in [4.69, 9.17) is 0 Å². The summed E-state index contributed by atoms with van der Waals surface area (Å²) in [7, 11) is 1.86. The van der Waals surface area contributed by atoms with E-state index in [1.807, 2.05) is 48.3 Å². The highest BCUT2D eigenvalue weighted by molar-refractivity contribution is 5.85. The zero-order valence-corrected chi connectivity index (χ0v) is 15.8. The first-order valence-corrected chi connectivity index (χ1v) is 8.74. The summed E-state index contributed by atoms with van der Waals surface area (Å²) in [5, 5.41) is 9.80. The van der Waals surface area contributed by atoms with Gasteiger partial charge in [-0.05, 0) is 24.1 Å². The number of carbonyl (C=O) groups is 1. The van der Waals surface area contributed by atoms with Gasteiger partial charge in [0.25, 0.3) is 0 Å². The van der Waals surface area contributed by atoms with Crippen LogP contribution in [-0.2, 0) is 11.2 Å². The number of pyridine rings is 1. The number of halogens is 1. The number of aliphatic hydroxyl groups is 1. The van der Waals surface area contributed by atoms with E-state index in [2.05, 4.69) is 22.0 Å². The van der Waals surface area contributed by atoms with Crippen molar-refractivity contribution >= 4 is 18.3 Å². The van der Waals surface area contributed by atoms with E-state index in [1.165, 1.54) is 0 Å². The topological polar surface area (TPSA) is 56.7 Å². The van der Waals surface area contributed by atoms with Crippen molar-refractivity contribution in [3.63, 3.8) is 0 Å². The molecule has 1 aromatic carbocycles. The van der Waals surface area contributed by atoms with E-state index >= 15 is 0 Å². The van der Waals surface area contributed by atoms with Crippen LogP contribution in [0, 0.1) is 0 Å². The van der Waals surface area contributed by atoms with Crippen LogP contribution in [-0.4, -0.2) is 58.6 Å². The molecule has 140 valence electrons. The highest BCUT2D eigenvalue weighted by atomic mass is 35.5. The molecule has 2 aromatic rings. The Balaban J connectivity index is 0.00000243. The number of hydrogen-bond acceptors (Lipinski definition) is 4. The Morgan fingerprint density at radius 1 is 1.27 bits per heavy atom. The van der Waals surface area contributed by atoms with Gasteiger partial charge in [-0.3, -0.25) is 14.7 Å². The Labute approximate surface area is 161 Å². The molecule has 6 heteroatoms. The lowest BCUT2D eigenvalue weighted by atomic mass is 10.0. The Hall–Kier alpha value is -1.95. The molecule has 1 saturated heterocycles. The van der Waals surface area contributed by atoms with Crippen LogP contribution in [0.4, 0.5) is 0 Å². The number of carbonyl (C=O) groups excluding carboxylic acids is 1. The third-order valence-electron chi connectivity index (χ3n) is 4.78. The van der Waals surface area contributed by atoms with E-state index in [0.29, 0.717) is 13.0 Å². The summed E-state index contributed by atoms with van der Waals surface area (Å²) in [5.41, 5.74) is 1.89. The van der Waals surface area contributed by atoms with E-state index < -0.39 is 0 Å². The second kappa shape index (κ2) is 9.67. The molecule has 26 heavy (non-hydrogen) atoms. The number of aliphatic hydroxyl groups excluding tert-OH is 1. The largest absolute Gasteiger partial charge is 0.392 e. The van der Waals surface area contributed by atoms with Crippen molar-refractivity contribution in [3.8, 4) is 0 Å². The second-order valence-electron chi connectivity index (χ2n) is 6.63. The molecule has 1 aliphatic heterocycles. The average molecular weight is 376 g/mol. The molecule has 1 fully saturated rings. The van der Waals surface area contributed by atoms with Gasteiger partial charge in [-0.2, -0.15) is 0 Å². The summed E-state index contributed by atoms with van der Waals surface area (Å²) in [6, 6.07) is 15.7. The molecule has 1 amide bonds. The van der Waals surface area contributed by atoms with E-state index in [0.717, 1.165) is 30.8 Å². The third kappa shape index (κ3) is 5.27. The van der Waals surface area contributed by atoms with Crippen molar-refractivity contribution in [1.29, 1.82) is 0 Å². The number of rotatable bonds is 6. The predicted octanol–water partition coefficient (Wildman–Crippen LogP) is 2.31. The first-order valence-electron chi connectivity index (χ1n) is 8.74. The molecule has 2 heterocycles. The van der Waals surface area contributed by atoms with Crippen molar-refractivity contribution in [2.45, 2.75) is 25.0 Å². The maximum Gasteiger partial charge on any atom is 0.228 e. The highest BCUT2D eigenvalue weighted by Gasteiger charge is 2.28. The molecule has 0 saturated carbocycles. The van der Waals surface area contributed by atoms with Gasteiger partial charge in [0.2, 0.25) is 5.91 Å². The monoisotopic (exact) mass is 375 g/mol. The Morgan fingerprint density at radius 2 is 2.00 bits per heavy atom. The number of β-amino-alcohol motifs (C(OH)–C–C–N with tert-alkyl or cyclic N) is 1. The molecule has 2 atom stereocenters. The Kier molecular flexibility index (Phi) is 7.57. The molecule has 5 nitrogen and oxygen atoms in total. The lowest BCUT2D eigenvalue weighted by Gasteiger charge is -2.32. The van der Waals surface area contributed by atoms with E-state index in [9.17, 15) is 9.90 Å². The number of hydrogen-bond donors (Lipinski definition) is 1. The molecule has 3 rings (SSSR count). The first-order chi connectivity index (χ1) is 12.1. The lowest BCUT2D eigenvalue weighted by Crippen LogP contribution is -2.39. The molecule has 0 unspecified atom stereocenters. The van der Waals surface area contributed by atoms with Crippen molar-refractivity contribution in [3.05, 3.63) is 66.0 Å². The number of likely N-dealkylation sites (N-methyl/N-ethyl adjacent to an activating group) is 1. The second-order valence-corrected chi connectivity index (χ2v) is 6.63. The maximum absolute atomic E-state index is 12.8. The molecule has 1 aliphatic rings. The van der Waals surface area contributed by atoms with Crippen LogP contribution in [0.5, 0.6) is 0 Å². The fourth-order valence-electron chi connectivity index (χ4n) is 3.31. The number of benzene rings is 1. The van der Waals surface area contributed by atoms with Crippen molar-refractivity contribution in [2.24, 2.45) is 0 Å². The third-order valence-corrected chi connectivity index (χ3v) is 4.78. The molecular weight excluding hydrogens is 350 g/mol. The standard InChI is InChI=1S/C20H25N3O2.ClH/c1-22(20(25)13-17-9-5-6-11-21-17)19(16-7-3-2-4-8-16)15-23-12-10-18(24)14-23;/h2-9,11,18-19,24H,10,12-15H2,1H3;1H/t18-,19-;/m1./s1. The molecule has 0 spiro atoms. The van der Waals surface area contributed by atoms with Crippen LogP contribution in [0.25, 0.3) is 0 Å². The van der Waals surface area contributed by atoms with Gasteiger partial charge in [-0.25, -0.2) is 0 Å². The minimum atomic E-state index is -0.258. The van der Waals surface area contributed by atoms with Crippen molar-refractivity contribution in [2.75, 3.05) is 26.7 Å². The fraction of sp³-hybridized carbons (Fsp3) is 0.400. The van der Waals surface area contributed by atoms with E-state index in [1.54, 1.807) is 6.20 Å². The summed E-state index contributed by atoms with van der Waals surface area (Å²) >= 11 is 0. The zero-order chi connectivity index (χ0) is 17.6. The quantitative estimate of drug-likeness (QED) is 0.841. The van der Waals surface area contributed by atoms with Crippen LogP contribution in [0.2, 0.25) is 0 Å². The average Bonchev–Trinajstić information content (AvgIpc) is 3.05. The molecule has 0 radical (unpaired) electrons. The maximum atomic E-state index is 12.8. The first kappa shape index (κ1) is 20.4. The number of nitrogens with zero attached hydrogens (tertiary/aromatic N) is 3. The normalized spacial score (nSPS) is 18.2. The SMILES string of the molecule is CN(C(=O)Cc1ccccn1)[C@H](CN1CC[C@@H](O)C1)c1ccccc1.Cl. The number of likely N-dealkylation sites (tertiary alicyclic amines) is 1. The van der Waals surface area contributed by atoms with Gasteiger partial charge in [0.15, 0.2) is 0 Å². The molecule has 1 aromatic heterocycles. The van der Waals surface area contributed by atoms with Gasteiger partial charge < -0.3 is 10.0 Å². The molecular formula is C20H26ClN3O2. The zero-order valence-electron chi connectivity index (χ0n) is 15.0. The Morgan fingerprint density at radius 3 is 2.62 bits per heavy atom. The van der Waals surface area contributed by atoms with Crippen LogP contribution in [0.15, 0.2) is 54.7 Å². The van der Waals surface area contributed by atoms with Gasteiger partial charge >= 0.3 is 0 Å². The predicted molar refractivity (Wildman–Crippen MR) is 104 cm³/mol. The lowest BCUT2D eigenvalue weighted by molar-refractivity contribution is -0.131. The highest BCUT2D eigenvalue weighted by Crippen LogP contribution is 2.23. The smallest absolute Gasteiger partial charge is 0.228 e. The van der Waals surface area contributed by atoms with Crippen LogP contribution < -0.4 is 0 Å². The summed E-state index contributed by atoms with van der Waals surface area (Å²) in [5.74, 6) is 0.0484.